The predicted octanol–water partition coefficient (Wildman–Crippen LogP) is 1.52. The van der Waals surface area contributed by atoms with Crippen LogP contribution in [0.25, 0.3) is 10.8 Å². The maximum Gasteiger partial charge on any atom is 0.321 e. The molecule has 0 aliphatic carbocycles. The molecule has 2 amide bonds. The van der Waals surface area contributed by atoms with E-state index in [1.165, 1.54) is 0 Å². The first-order chi connectivity index (χ1) is 12.7. The lowest BCUT2D eigenvalue weighted by Crippen LogP contribution is -2.65. The van der Waals surface area contributed by atoms with Crippen molar-refractivity contribution in [2.24, 2.45) is 0 Å². The lowest BCUT2D eigenvalue weighted by atomic mass is 10.1. The second-order valence-electron chi connectivity index (χ2n) is 6.44. The van der Waals surface area contributed by atoms with E-state index in [4.69, 9.17) is 5.11 Å². The summed E-state index contributed by atoms with van der Waals surface area (Å²) >= 11 is 0. The molecule has 2 aromatic rings. The number of carbonyl (C=O) groups is 1. The van der Waals surface area contributed by atoms with Crippen molar-refractivity contribution in [1.29, 1.82) is 0 Å². The summed E-state index contributed by atoms with van der Waals surface area (Å²) in [5.74, 6) is 0. The van der Waals surface area contributed by atoms with Crippen molar-refractivity contribution in [2.75, 3.05) is 25.0 Å². The second kappa shape index (κ2) is 9.49. The second-order valence-corrected chi connectivity index (χ2v) is 6.44. The van der Waals surface area contributed by atoms with Gasteiger partial charge in [0, 0.05) is 18.8 Å². The number of fused-ring (bicyclic) bond motifs is 1. The molecule has 1 heterocycles. The minimum atomic E-state index is -0.292. The Morgan fingerprint density at radius 3 is 2.85 bits per heavy atom. The van der Waals surface area contributed by atoms with Gasteiger partial charge in [-0.15, -0.1) is 0 Å². The van der Waals surface area contributed by atoms with E-state index in [1.807, 2.05) is 42.5 Å². The molecule has 7 nitrogen and oxygen atoms in total. The van der Waals surface area contributed by atoms with Crippen LogP contribution in [0.3, 0.4) is 0 Å². The molecule has 6 N–H and O–H groups in total. The van der Waals surface area contributed by atoms with Crippen LogP contribution in [-0.4, -0.2) is 43.3 Å². The molecule has 1 aliphatic rings. The van der Waals surface area contributed by atoms with Gasteiger partial charge in [-0.25, -0.2) is 4.79 Å². The monoisotopic (exact) mass is 357 g/mol. The molecule has 1 aliphatic heterocycles. The van der Waals surface area contributed by atoms with Crippen LogP contribution >= 0.6 is 0 Å². The number of nitrogens with one attached hydrogen (secondary N) is 5. The normalized spacial score (nSPS) is 20.0. The predicted molar refractivity (Wildman–Crippen MR) is 104 cm³/mol. The van der Waals surface area contributed by atoms with Gasteiger partial charge in [-0.3, -0.25) is 10.6 Å². The number of urea groups is 1. The number of hydrogen-bond acceptors (Lipinski definition) is 5. The zero-order chi connectivity index (χ0) is 18.2. The summed E-state index contributed by atoms with van der Waals surface area (Å²) in [6, 6.07) is 13.6. The van der Waals surface area contributed by atoms with E-state index < -0.39 is 0 Å². The third-order valence-corrected chi connectivity index (χ3v) is 4.41. The van der Waals surface area contributed by atoms with E-state index in [9.17, 15) is 4.79 Å². The Morgan fingerprint density at radius 1 is 1.15 bits per heavy atom. The Hall–Kier alpha value is -2.19. The fraction of sp³-hybridized carbons (Fsp3) is 0.421. The molecule has 0 radical (unpaired) electrons. The molecule has 26 heavy (non-hydrogen) atoms. The quantitative estimate of drug-likeness (QED) is 0.422. The molecule has 0 spiro atoms. The van der Waals surface area contributed by atoms with Gasteiger partial charge < -0.3 is 21.1 Å². The molecule has 1 saturated heterocycles. The van der Waals surface area contributed by atoms with Gasteiger partial charge in [0.15, 0.2) is 0 Å². The number of hydrogen-bond donors (Lipinski definition) is 6. The Bertz CT molecular complexity index is 724. The first kappa shape index (κ1) is 18.6. The summed E-state index contributed by atoms with van der Waals surface area (Å²) in [7, 11) is 0. The minimum absolute atomic E-state index is 0.140. The highest BCUT2D eigenvalue weighted by molar-refractivity contribution is 5.93. The molecular formula is C19H27N5O2. The number of unbranched alkanes of at least 4 members (excludes halogenated alkanes) is 1. The number of amides is 2. The fourth-order valence-electron chi connectivity index (χ4n) is 3.05. The summed E-state index contributed by atoms with van der Waals surface area (Å²) in [6.07, 6.45) is 2.51. The summed E-state index contributed by atoms with van der Waals surface area (Å²) in [5, 5.41) is 26.8. The zero-order valence-corrected chi connectivity index (χ0v) is 14.8. The molecule has 3 rings (SSSR count). The minimum Gasteiger partial charge on any atom is -0.396 e. The van der Waals surface area contributed by atoms with Crippen LogP contribution in [0.1, 0.15) is 19.3 Å². The smallest absolute Gasteiger partial charge is 0.321 e. The van der Waals surface area contributed by atoms with Gasteiger partial charge in [0.2, 0.25) is 0 Å². The summed E-state index contributed by atoms with van der Waals surface area (Å²) in [6.45, 7) is 1.88. The maximum atomic E-state index is 12.3. The standard InChI is InChI=1S/C19H27N5O2/c25-12-4-3-10-20-17-9-11-21-18(23-17)24-19(26)22-16-8-7-14-5-1-2-6-15(14)13-16/h1-2,5-8,13,17-18,20-21,23,25H,3-4,9-12H2,(H2,22,24,26). The van der Waals surface area contributed by atoms with Gasteiger partial charge in [0.25, 0.3) is 0 Å². The van der Waals surface area contributed by atoms with Crippen molar-refractivity contribution in [3.8, 4) is 0 Å². The molecule has 0 saturated carbocycles. The summed E-state index contributed by atoms with van der Waals surface area (Å²) in [4.78, 5) is 12.3. The van der Waals surface area contributed by atoms with Gasteiger partial charge >= 0.3 is 6.03 Å². The molecule has 7 heteroatoms. The highest BCUT2D eigenvalue weighted by atomic mass is 16.3. The fourth-order valence-corrected chi connectivity index (χ4v) is 3.05. The average Bonchev–Trinajstić information content (AvgIpc) is 2.65. The number of anilines is 1. The van der Waals surface area contributed by atoms with Gasteiger partial charge in [-0.2, -0.15) is 0 Å². The highest BCUT2D eigenvalue weighted by Gasteiger charge is 2.21. The van der Waals surface area contributed by atoms with Crippen molar-refractivity contribution in [3.63, 3.8) is 0 Å². The molecule has 1 fully saturated rings. The lowest BCUT2D eigenvalue weighted by molar-refractivity contribution is 0.215. The SMILES string of the molecule is O=C(Nc1ccc2ccccc2c1)NC1NCCC(NCCCCO)N1. The number of carbonyl (C=O) groups excluding carboxylic acids is 1. The van der Waals surface area contributed by atoms with Crippen molar-refractivity contribution >= 4 is 22.5 Å². The number of rotatable bonds is 7. The first-order valence-corrected chi connectivity index (χ1v) is 9.14. The molecular weight excluding hydrogens is 330 g/mol. The average molecular weight is 357 g/mol. The van der Waals surface area contributed by atoms with Crippen LogP contribution in [0.4, 0.5) is 10.5 Å². The molecule has 2 unspecified atom stereocenters. The Labute approximate surface area is 153 Å². The Morgan fingerprint density at radius 2 is 2.00 bits per heavy atom. The largest absolute Gasteiger partial charge is 0.396 e. The van der Waals surface area contributed by atoms with E-state index in [0.717, 1.165) is 48.8 Å². The van der Waals surface area contributed by atoms with Crippen molar-refractivity contribution in [2.45, 2.75) is 31.7 Å². The van der Waals surface area contributed by atoms with Crippen LogP contribution in [0.2, 0.25) is 0 Å². The first-order valence-electron chi connectivity index (χ1n) is 9.14. The Kier molecular flexibility index (Phi) is 6.79. The molecule has 140 valence electrons. The van der Waals surface area contributed by atoms with Crippen LogP contribution in [0.15, 0.2) is 42.5 Å². The van der Waals surface area contributed by atoms with Gasteiger partial charge in [-0.1, -0.05) is 30.3 Å². The molecule has 0 aromatic heterocycles. The van der Waals surface area contributed by atoms with Crippen LogP contribution in [0, 0.1) is 0 Å². The van der Waals surface area contributed by atoms with Gasteiger partial charge in [0.1, 0.15) is 6.29 Å². The van der Waals surface area contributed by atoms with Crippen LogP contribution in [-0.2, 0) is 0 Å². The van der Waals surface area contributed by atoms with Gasteiger partial charge in [-0.05, 0) is 48.7 Å². The highest BCUT2D eigenvalue weighted by Crippen LogP contribution is 2.18. The van der Waals surface area contributed by atoms with E-state index >= 15 is 0 Å². The van der Waals surface area contributed by atoms with Gasteiger partial charge in [0.05, 0.1) is 6.17 Å². The van der Waals surface area contributed by atoms with Crippen molar-refractivity contribution in [1.82, 2.24) is 21.3 Å². The topological polar surface area (TPSA) is 97.5 Å². The zero-order valence-electron chi connectivity index (χ0n) is 14.8. The molecule has 2 aromatic carbocycles. The Balaban J connectivity index is 1.47. The molecule has 2 atom stereocenters. The van der Waals surface area contributed by atoms with E-state index in [0.29, 0.717) is 0 Å². The van der Waals surface area contributed by atoms with Crippen LogP contribution < -0.4 is 26.6 Å². The third-order valence-electron chi connectivity index (χ3n) is 4.41. The summed E-state index contributed by atoms with van der Waals surface area (Å²) in [5.41, 5.74) is 0.760. The molecule has 0 bridgehead atoms. The van der Waals surface area contributed by atoms with E-state index in [1.54, 1.807) is 0 Å². The number of aliphatic hydroxyl groups excluding tert-OH is 1. The third kappa shape index (κ3) is 5.40. The lowest BCUT2D eigenvalue weighted by Gasteiger charge is -2.33. The summed E-state index contributed by atoms with van der Waals surface area (Å²) < 4.78 is 0. The van der Waals surface area contributed by atoms with Crippen LogP contribution in [0.5, 0.6) is 0 Å². The van der Waals surface area contributed by atoms with Crippen molar-refractivity contribution < 1.29 is 9.90 Å². The number of aliphatic hydroxyl groups is 1. The maximum absolute atomic E-state index is 12.3. The van der Waals surface area contributed by atoms with Crippen molar-refractivity contribution in [3.05, 3.63) is 42.5 Å². The number of benzene rings is 2. The van der Waals surface area contributed by atoms with E-state index in [2.05, 4.69) is 26.6 Å². The van der Waals surface area contributed by atoms with E-state index in [-0.39, 0.29) is 25.1 Å².